The molecule has 5 heteroatoms. The van der Waals surface area contributed by atoms with Crippen molar-refractivity contribution >= 4 is 15.9 Å². The van der Waals surface area contributed by atoms with Crippen LogP contribution in [0.15, 0.2) is 16.6 Å². The summed E-state index contributed by atoms with van der Waals surface area (Å²) in [5.41, 5.74) is -2.67. The predicted octanol–water partition coefficient (Wildman–Crippen LogP) is 4.06. The Hall–Kier alpha value is -0.580. The minimum atomic E-state index is -4.97. The third-order valence-electron chi connectivity index (χ3n) is 1.33. The Labute approximate surface area is 107 Å². The SMILES string of the molecule is [2H]C([2H])([2H])C([2H])(C([2H])([2H])[2H])C([2H])([2H])c1cc(Br)cc(C(F)(F)F)n1. The van der Waals surface area contributed by atoms with Gasteiger partial charge in [0.1, 0.15) is 5.69 Å². The molecule has 0 aliphatic rings. The number of hydrogen-bond donors (Lipinski definition) is 0. The third kappa shape index (κ3) is 3.81. The zero-order chi connectivity index (χ0) is 19.4. The highest BCUT2D eigenvalue weighted by Crippen LogP contribution is 2.30. The van der Waals surface area contributed by atoms with E-state index in [4.69, 9.17) is 12.3 Å². The normalized spacial score (nSPS) is 24.4. The molecule has 0 aliphatic carbocycles. The lowest BCUT2D eigenvalue weighted by Gasteiger charge is -2.10. The highest BCUT2D eigenvalue weighted by atomic mass is 79.9. The molecule has 1 nitrogen and oxygen atoms in total. The maximum absolute atomic E-state index is 12.8. The zero-order valence-corrected chi connectivity index (χ0v) is 8.70. The van der Waals surface area contributed by atoms with E-state index in [-0.39, 0.29) is 4.47 Å². The smallest absolute Gasteiger partial charge is 0.248 e. The first-order chi connectivity index (χ1) is 10.4. The minimum absolute atomic E-state index is 0.290. The molecule has 0 saturated heterocycles. The van der Waals surface area contributed by atoms with Gasteiger partial charge < -0.3 is 0 Å². The molecule has 0 bridgehead atoms. The highest BCUT2D eigenvalue weighted by molar-refractivity contribution is 9.10. The Bertz CT molecular complexity index is 609. The van der Waals surface area contributed by atoms with Crippen molar-refractivity contribution in [3.63, 3.8) is 0 Å². The summed E-state index contributed by atoms with van der Waals surface area (Å²) in [6, 6.07) is 1.24. The molecule has 84 valence electrons. The van der Waals surface area contributed by atoms with Crippen LogP contribution in [0.5, 0.6) is 0 Å². The van der Waals surface area contributed by atoms with Crippen molar-refractivity contribution in [1.82, 2.24) is 4.98 Å². The van der Waals surface area contributed by atoms with E-state index >= 15 is 0 Å². The zero-order valence-electron chi connectivity index (χ0n) is 16.1. The van der Waals surface area contributed by atoms with Gasteiger partial charge in [-0.2, -0.15) is 13.2 Å². The molecule has 0 aliphatic heterocycles. The fourth-order valence-corrected chi connectivity index (χ4v) is 1.27. The second-order valence-electron chi connectivity index (χ2n) is 2.55. The molecule has 15 heavy (non-hydrogen) atoms. The van der Waals surface area contributed by atoms with Crippen molar-refractivity contribution in [2.24, 2.45) is 5.89 Å². The lowest BCUT2D eigenvalue weighted by atomic mass is 10.1. The molecule has 1 aromatic heterocycles. The lowest BCUT2D eigenvalue weighted by Crippen LogP contribution is -2.10. The Morgan fingerprint density at radius 3 is 2.80 bits per heavy atom. The van der Waals surface area contributed by atoms with Gasteiger partial charge in [0, 0.05) is 22.5 Å². The first-order valence-electron chi connectivity index (χ1n) is 8.11. The van der Waals surface area contributed by atoms with Crippen LogP contribution in [0.4, 0.5) is 13.2 Å². The fraction of sp³-hybridized carbons (Fsp3) is 0.500. The molecule has 0 spiro atoms. The van der Waals surface area contributed by atoms with Crippen LogP contribution in [0.25, 0.3) is 0 Å². The highest BCUT2D eigenvalue weighted by Gasteiger charge is 2.33. The summed E-state index contributed by atoms with van der Waals surface area (Å²) in [5, 5.41) is 0. The summed E-state index contributed by atoms with van der Waals surface area (Å²) in [7, 11) is 0. The van der Waals surface area contributed by atoms with Crippen LogP contribution in [0.1, 0.15) is 37.4 Å². The van der Waals surface area contributed by atoms with E-state index < -0.39 is 43.5 Å². The van der Waals surface area contributed by atoms with Crippen LogP contribution >= 0.6 is 15.9 Å². The van der Waals surface area contributed by atoms with Crippen molar-refractivity contribution in [1.29, 1.82) is 0 Å². The molecule has 1 rings (SSSR count). The van der Waals surface area contributed by atoms with Gasteiger partial charge in [0.15, 0.2) is 0 Å². The van der Waals surface area contributed by atoms with Gasteiger partial charge in [0.05, 0.1) is 0 Å². The predicted molar refractivity (Wildman–Crippen MR) is 55.5 cm³/mol. The molecule has 0 aromatic carbocycles. The van der Waals surface area contributed by atoms with E-state index in [9.17, 15) is 13.2 Å². The van der Waals surface area contributed by atoms with Crippen LogP contribution in [-0.4, -0.2) is 4.98 Å². The Kier molecular flexibility index (Phi) is 1.42. The van der Waals surface area contributed by atoms with Crippen molar-refractivity contribution in [3.8, 4) is 0 Å². The average Bonchev–Trinajstić information content (AvgIpc) is 2.32. The molecule has 1 heterocycles. The van der Waals surface area contributed by atoms with Gasteiger partial charge in [-0.3, -0.25) is 0 Å². The van der Waals surface area contributed by atoms with Crippen LogP contribution in [-0.2, 0) is 12.5 Å². The number of nitrogens with zero attached hydrogens (tertiary/aromatic N) is 1. The van der Waals surface area contributed by atoms with Crippen LogP contribution in [0, 0.1) is 5.89 Å². The van der Waals surface area contributed by atoms with Crippen LogP contribution in [0.2, 0.25) is 0 Å². The standard InChI is InChI=1S/C10H11BrF3N/c1-6(2)3-8-4-7(11)5-9(15-8)10(12,13)14/h4-6H,3H2,1-2H3/i1D3,2D3,3D2,6D. The molecular formula is C10H11BrF3N. The Morgan fingerprint density at radius 1 is 1.60 bits per heavy atom. The number of aromatic nitrogens is 1. The average molecular weight is 291 g/mol. The number of hydrogen-bond acceptors (Lipinski definition) is 1. The maximum Gasteiger partial charge on any atom is 0.433 e. The summed E-state index contributed by atoms with van der Waals surface area (Å²) < 4.78 is 105. The van der Waals surface area contributed by atoms with Gasteiger partial charge in [-0.1, -0.05) is 29.6 Å². The first kappa shape index (κ1) is 4.73. The van der Waals surface area contributed by atoms with Gasteiger partial charge in [0.25, 0.3) is 0 Å². The summed E-state index contributed by atoms with van der Waals surface area (Å²) in [6.45, 7) is -7.33. The summed E-state index contributed by atoms with van der Waals surface area (Å²) >= 11 is 2.72. The van der Waals surface area contributed by atoms with E-state index in [1.165, 1.54) is 0 Å². The van der Waals surface area contributed by atoms with Crippen LogP contribution < -0.4 is 0 Å². The van der Waals surface area contributed by atoms with Gasteiger partial charge >= 0.3 is 6.18 Å². The molecule has 0 radical (unpaired) electrons. The Balaban J connectivity index is 3.72. The molecule has 0 N–H and O–H groups in total. The van der Waals surface area contributed by atoms with Gasteiger partial charge in [0.2, 0.25) is 0 Å². The molecule has 0 unspecified atom stereocenters. The van der Waals surface area contributed by atoms with Crippen molar-refractivity contribution in [2.45, 2.75) is 26.3 Å². The second kappa shape index (κ2) is 4.51. The van der Waals surface area contributed by atoms with E-state index in [0.29, 0.717) is 6.07 Å². The number of halogens is 4. The minimum Gasteiger partial charge on any atom is -0.248 e. The van der Waals surface area contributed by atoms with E-state index in [1.54, 1.807) is 0 Å². The monoisotopic (exact) mass is 290 g/mol. The number of alkyl halides is 3. The molecule has 0 amide bonds. The molecular weight excluding hydrogens is 271 g/mol. The summed E-state index contributed by atoms with van der Waals surface area (Å²) in [6.07, 6.45) is -8.51. The molecule has 0 fully saturated rings. The second-order valence-corrected chi connectivity index (χ2v) is 3.47. The van der Waals surface area contributed by atoms with Gasteiger partial charge in [-0.15, -0.1) is 0 Å². The van der Waals surface area contributed by atoms with Crippen LogP contribution in [0.3, 0.4) is 0 Å². The Morgan fingerprint density at radius 2 is 2.27 bits per heavy atom. The van der Waals surface area contributed by atoms with E-state index in [1.807, 2.05) is 0 Å². The third-order valence-corrected chi connectivity index (χ3v) is 1.79. The van der Waals surface area contributed by atoms with E-state index in [2.05, 4.69) is 20.9 Å². The van der Waals surface area contributed by atoms with Crippen molar-refractivity contribution < 1.29 is 25.5 Å². The maximum atomic E-state index is 12.8. The lowest BCUT2D eigenvalue weighted by molar-refractivity contribution is -0.141. The molecule has 0 atom stereocenters. The summed E-state index contributed by atoms with van der Waals surface area (Å²) in [4.78, 5) is 3.02. The van der Waals surface area contributed by atoms with Gasteiger partial charge in [-0.25, -0.2) is 4.98 Å². The molecule has 1 aromatic rings. The number of rotatable bonds is 2. The quantitative estimate of drug-likeness (QED) is 0.800. The van der Waals surface area contributed by atoms with Gasteiger partial charge in [-0.05, 0) is 24.4 Å². The topological polar surface area (TPSA) is 12.9 Å². The first-order valence-corrected chi connectivity index (χ1v) is 4.40. The fourth-order valence-electron chi connectivity index (χ4n) is 0.835. The number of pyridine rings is 1. The largest absolute Gasteiger partial charge is 0.433 e. The summed E-state index contributed by atoms with van der Waals surface area (Å²) in [5.74, 6) is -3.73. The molecule has 0 saturated carbocycles. The van der Waals surface area contributed by atoms with Crippen molar-refractivity contribution in [3.05, 3.63) is 28.0 Å². The van der Waals surface area contributed by atoms with Crippen molar-refractivity contribution in [2.75, 3.05) is 0 Å². The van der Waals surface area contributed by atoms with E-state index in [0.717, 1.165) is 6.07 Å².